The Kier molecular flexibility index (Phi) is 4.55. The molecule has 8 heteroatoms. The number of amides is 1. The van der Waals surface area contributed by atoms with E-state index in [1.54, 1.807) is 4.90 Å². The molecule has 0 aliphatic carbocycles. The van der Waals surface area contributed by atoms with Gasteiger partial charge < -0.3 is 4.90 Å². The molecule has 0 radical (unpaired) electrons. The Balaban J connectivity index is 2.10. The van der Waals surface area contributed by atoms with E-state index in [0.717, 1.165) is 23.3 Å². The van der Waals surface area contributed by atoms with E-state index in [-0.39, 0.29) is 23.0 Å². The van der Waals surface area contributed by atoms with Crippen LogP contribution in [0.3, 0.4) is 0 Å². The topological polar surface area (TPSA) is 94.4 Å². The van der Waals surface area contributed by atoms with Crippen molar-refractivity contribution < 1.29 is 13.2 Å². The van der Waals surface area contributed by atoms with Gasteiger partial charge in [-0.3, -0.25) is 4.79 Å². The van der Waals surface area contributed by atoms with Gasteiger partial charge in [0.1, 0.15) is 16.7 Å². The highest BCUT2D eigenvalue weighted by Gasteiger charge is 2.26. The quantitative estimate of drug-likeness (QED) is 0.791. The number of aromatic nitrogens is 1. The lowest BCUT2D eigenvalue weighted by Gasteiger charge is -2.21. The molecule has 0 spiro atoms. The van der Waals surface area contributed by atoms with Crippen LogP contribution in [-0.2, 0) is 14.8 Å². The Morgan fingerprint density at radius 2 is 2.10 bits per heavy atom. The predicted molar refractivity (Wildman–Crippen MR) is 74.6 cm³/mol. The second-order valence-electron chi connectivity index (χ2n) is 4.84. The molecule has 1 amide bonds. The monoisotopic (exact) mass is 308 g/mol. The van der Waals surface area contributed by atoms with Crippen molar-refractivity contribution >= 4 is 15.9 Å². The number of likely N-dealkylation sites (N-methyl/N-ethyl adjacent to an activating group) is 1. The van der Waals surface area contributed by atoms with Crippen LogP contribution in [0.1, 0.15) is 18.5 Å². The van der Waals surface area contributed by atoms with E-state index < -0.39 is 10.0 Å². The van der Waals surface area contributed by atoms with Gasteiger partial charge in [0, 0.05) is 26.3 Å². The number of pyridine rings is 1. The van der Waals surface area contributed by atoms with E-state index in [9.17, 15) is 13.2 Å². The van der Waals surface area contributed by atoms with Gasteiger partial charge in [-0.2, -0.15) is 9.57 Å². The zero-order valence-corrected chi connectivity index (χ0v) is 12.5. The standard InChI is InChI=1S/C13H16N4O3S/c1-16(10-13(18)17-6-2-3-7-17)21(19,20)12-5-4-11(8-14)15-9-12/h4-5,9H,2-3,6-7,10H2,1H3. The van der Waals surface area contributed by atoms with Crippen LogP contribution in [0.4, 0.5) is 0 Å². The highest BCUT2D eigenvalue weighted by Crippen LogP contribution is 2.14. The first-order valence-electron chi connectivity index (χ1n) is 6.55. The normalized spacial score (nSPS) is 15.2. The summed E-state index contributed by atoms with van der Waals surface area (Å²) in [5.41, 5.74) is 0.143. The second kappa shape index (κ2) is 6.20. The largest absolute Gasteiger partial charge is 0.342 e. The third-order valence-electron chi connectivity index (χ3n) is 3.38. The Hall–Kier alpha value is -1.98. The number of rotatable bonds is 4. The molecular weight excluding hydrogens is 292 g/mol. The molecule has 2 heterocycles. The minimum Gasteiger partial charge on any atom is -0.342 e. The lowest BCUT2D eigenvalue weighted by atomic mass is 10.4. The summed E-state index contributed by atoms with van der Waals surface area (Å²) >= 11 is 0. The summed E-state index contributed by atoms with van der Waals surface area (Å²) in [6.07, 6.45) is 3.05. The van der Waals surface area contributed by atoms with E-state index >= 15 is 0 Å². The summed E-state index contributed by atoms with van der Waals surface area (Å²) < 4.78 is 25.6. The van der Waals surface area contributed by atoms with Crippen LogP contribution in [0.15, 0.2) is 23.2 Å². The first-order valence-corrected chi connectivity index (χ1v) is 7.99. The maximum absolute atomic E-state index is 12.3. The van der Waals surface area contributed by atoms with Gasteiger partial charge in [0.25, 0.3) is 0 Å². The van der Waals surface area contributed by atoms with Crippen LogP contribution in [0.25, 0.3) is 0 Å². The molecule has 1 aromatic heterocycles. The smallest absolute Gasteiger partial charge is 0.244 e. The fourth-order valence-electron chi connectivity index (χ4n) is 2.12. The highest BCUT2D eigenvalue weighted by molar-refractivity contribution is 7.89. The summed E-state index contributed by atoms with van der Waals surface area (Å²) in [5.74, 6) is -0.194. The Labute approximate surface area is 123 Å². The maximum Gasteiger partial charge on any atom is 0.244 e. The van der Waals surface area contributed by atoms with Gasteiger partial charge in [-0.25, -0.2) is 13.4 Å². The van der Waals surface area contributed by atoms with Gasteiger partial charge in [-0.15, -0.1) is 0 Å². The van der Waals surface area contributed by atoms with Crippen molar-refractivity contribution in [1.29, 1.82) is 5.26 Å². The molecule has 112 valence electrons. The molecule has 1 aliphatic heterocycles. The van der Waals surface area contributed by atoms with E-state index in [1.165, 1.54) is 19.2 Å². The fraction of sp³-hybridized carbons (Fsp3) is 0.462. The minimum atomic E-state index is -3.77. The third-order valence-corrected chi connectivity index (χ3v) is 5.16. The van der Waals surface area contributed by atoms with Crippen molar-refractivity contribution in [2.75, 3.05) is 26.7 Å². The molecule has 1 aromatic rings. The molecular formula is C13H16N4O3S. The zero-order valence-electron chi connectivity index (χ0n) is 11.7. The number of nitrogens with zero attached hydrogens (tertiary/aromatic N) is 4. The molecule has 0 atom stereocenters. The van der Waals surface area contributed by atoms with Crippen molar-refractivity contribution in [1.82, 2.24) is 14.2 Å². The van der Waals surface area contributed by atoms with Crippen molar-refractivity contribution in [3.05, 3.63) is 24.0 Å². The molecule has 0 aromatic carbocycles. The first kappa shape index (κ1) is 15.4. The maximum atomic E-state index is 12.3. The summed E-state index contributed by atoms with van der Waals surface area (Å²) in [7, 11) is -2.41. The number of hydrogen-bond acceptors (Lipinski definition) is 5. The van der Waals surface area contributed by atoms with Gasteiger partial charge in [-0.05, 0) is 25.0 Å². The molecule has 1 aliphatic rings. The van der Waals surface area contributed by atoms with Crippen LogP contribution in [0.2, 0.25) is 0 Å². The first-order chi connectivity index (χ1) is 9.95. The van der Waals surface area contributed by atoms with Gasteiger partial charge in [0.2, 0.25) is 15.9 Å². The third kappa shape index (κ3) is 3.37. The van der Waals surface area contributed by atoms with E-state index in [2.05, 4.69) is 4.98 Å². The van der Waals surface area contributed by atoms with Gasteiger partial charge in [0.05, 0.1) is 6.54 Å². The molecule has 0 saturated carbocycles. The second-order valence-corrected chi connectivity index (χ2v) is 6.88. The van der Waals surface area contributed by atoms with Gasteiger partial charge in [0.15, 0.2) is 0 Å². The van der Waals surface area contributed by atoms with E-state index in [1.807, 2.05) is 6.07 Å². The van der Waals surface area contributed by atoms with Crippen LogP contribution >= 0.6 is 0 Å². The number of carbonyl (C=O) groups is 1. The van der Waals surface area contributed by atoms with Crippen molar-refractivity contribution in [2.24, 2.45) is 0 Å². The predicted octanol–water partition coefficient (Wildman–Crippen LogP) is 0.196. The molecule has 1 saturated heterocycles. The zero-order chi connectivity index (χ0) is 15.5. The Morgan fingerprint density at radius 3 is 2.62 bits per heavy atom. The number of nitriles is 1. The summed E-state index contributed by atoms with van der Waals surface area (Å²) in [4.78, 5) is 17.4. The number of hydrogen-bond donors (Lipinski definition) is 0. The van der Waals surface area contributed by atoms with Crippen molar-refractivity contribution in [2.45, 2.75) is 17.7 Å². The van der Waals surface area contributed by atoms with Crippen molar-refractivity contribution in [3.8, 4) is 6.07 Å². The summed E-state index contributed by atoms with van der Waals surface area (Å²) in [6.45, 7) is 1.18. The fourth-order valence-corrected chi connectivity index (χ4v) is 3.19. The lowest BCUT2D eigenvalue weighted by molar-refractivity contribution is -0.130. The average molecular weight is 308 g/mol. The van der Waals surface area contributed by atoms with E-state index in [0.29, 0.717) is 13.1 Å². The van der Waals surface area contributed by atoms with Crippen LogP contribution < -0.4 is 0 Å². The molecule has 0 bridgehead atoms. The number of carbonyl (C=O) groups excluding carboxylic acids is 1. The van der Waals surface area contributed by atoms with Crippen LogP contribution in [0, 0.1) is 11.3 Å². The molecule has 2 rings (SSSR count). The van der Waals surface area contributed by atoms with Crippen LogP contribution in [-0.4, -0.2) is 55.2 Å². The molecule has 0 N–H and O–H groups in total. The SMILES string of the molecule is CN(CC(=O)N1CCCC1)S(=O)(=O)c1ccc(C#N)nc1. The molecule has 0 unspecified atom stereocenters. The summed E-state index contributed by atoms with van der Waals surface area (Å²) in [6, 6.07) is 4.48. The lowest BCUT2D eigenvalue weighted by Crippen LogP contribution is -2.39. The Bertz CT molecular complexity index is 658. The summed E-state index contributed by atoms with van der Waals surface area (Å²) in [5, 5.41) is 8.66. The Morgan fingerprint density at radius 1 is 1.43 bits per heavy atom. The molecule has 21 heavy (non-hydrogen) atoms. The molecule has 1 fully saturated rings. The number of sulfonamides is 1. The van der Waals surface area contributed by atoms with E-state index in [4.69, 9.17) is 5.26 Å². The van der Waals surface area contributed by atoms with Gasteiger partial charge >= 0.3 is 0 Å². The minimum absolute atomic E-state index is 0.0294. The average Bonchev–Trinajstić information content (AvgIpc) is 3.01. The van der Waals surface area contributed by atoms with Gasteiger partial charge in [-0.1, -0.05) is 0 Å². The van der Waals surface area contributed by atoms with Crippen molar-refractivity contribution in [3.63, 3.8) is 0 Å². The number of likely N-dealkylation sites (tertiary alicyclic amines) is 1. The van der Waals surface area contributed by atoms with Crippen LogP contribution in [0.5, 0.6) is 0 Å². The highest BCUT2D eigenvalue weighted by atomic mass is 32.2. The molecule has 7 nitrogen and oxygen atoms in total.